The minimum atomic E-state index is -1.31. The van der Waals surface area contributed by atoms with Crippen LogP contribution in [0.4, 0.5) is 0 Å². The summed E-state index contributed by atoms with van der Waals surface area (Å²) in [4.78, 5) is 21.3. The van der Waals surface area contributed by atoms with Crippen molar-refractivity contribution in [3.63, 3.8) is 0 Å². The van der Waals surface area contributed by atoms with Crippen LogP contribution in [0.1, 0.15) is 13.8 Å². The molecule has 0 fully saturated rings. The quantitative estimate of drug-likeness (QED) is 0.533. The number of carbonyl (C=O) groups excluding carboxylic acids is 1. The fourth-order valence-corrected chi connectivity index (χ4v) is 1.02. The van der Waals surface area contributed by atoms with Gasteiger partial charge in [0.25, 0.3) is 0 Å². The second-order valence-electron chi connectivity index (χ2n) is 2.93. The SMILES string of the molecule is C#CC(C(=O)Cl)C(C)(C)C(=O)O. The smallest absolute Gasteiger partial charge is 0.310 e. The van der Waals surface area contributed by atoms with Crippen LogP contribution in [0, 0.1) is 23.7 Å². The molecule has 0 aromatic carbocycles. The highest BCUT2D eigenvalue weighted by Gasteiger charge is 2.39. The van der Waals surface area contributed by atoms with E-state index in [0.717, 1.165) is 0 Å². The Balaban J connectivity index is 4.87. The number of rotatable bonds is 3. The normalized spacial score (nSPS) is 13.2. The average Bonchev–Trinajstić information content (AvgIpc) is 1.86. The van der Waals surface area contributed by atoms with Gasteiger partial charge in [-0.25, -0.2) is 0 Å². The van der Waals surface area contributed by atoms with E-state index < -0.39 is 22.5 Å². The van der Waals surface area contributed by atoms with Crippen molar-refractivity contribution in [1.29, 1.82) is 0 Å². The molecule has 0 amide bonds. The number of terminal acetylenes is 1. The summed E-state index contributed by atoms with van der Waals surface area (Å²) in [5, 5.41) is 7.87. The minimum absolute atomic E-state index is 0.815. The van der Waals surface area contributed by atoms with Crippen LogP contribution in [0.3, 0.4) is 0 Å². The fraction of sp³-hybridized carbons (Fsp3) is 0.500. The van der Waals surface area contributed by atoms with Gasteiger partial charge in [-0.3, -0.25) is 9.59 Å². The van der Waals surface area contributed by atoms with Crippen LogP contribution in [0.2, 0.25) is 0 Å². The van der Waals surface area contributed by atoms with E-state index in [9.17, 15) is 9.59 Å². The maximum absolute atomic E-state index is 10.7. The molecule has 12 heavy (non-hydrogen) atoms. The molecule has 0 aliphatic heterocycles. The summed E-state index contributed by atoms with van der Waals surface area (Å²) in [6.45, 7) is 2.72. The van der Waals surface area contributed by atoms with E-state index in [2.05, 4.69) is 5.92 Å². The summed E-state index contributed by atoms with van der Waals surface area (Å²) in [7, 11) is 0. The number of carbonyl (C=O) groups is 2. The summed E-state index contributed by atoms with van der Waals surface area (Å²) in [5.74, 6) is -0.165. The predicted molar refractivity (Wildman–Crippen MR) is 44.6 cm³/mol. The number of carboxylic acids is 1. The zero-order chi connectivity index (χ0) is 9.94. The number of carboxylic acid groups (broad SMARTS) is 1. The third-order valence-electron chi connectivity index (χ3n) is 1.67. The van der Waals surface area contributed by atoms with Crippen molar-refractivity contribution in [2.45, 2.75) is 13.8 Å². The van der Waals surface area contributed by atoms with E-state index in [1.165, 1.54) is 13.8 Å². The lowest BCUT2D eigenvalue weighted by Crippen LogP contribution is -2.35. The van der Waals surface area contributed by atoms with E-state index >= 15 is 0 Å². The Bertz CT molecular complexity index is 250. The van der Waals surface area contributed by atoms with Gasteiger partial charge in [0.1, 0.15) is 5.92 Å². The molecule has 1 N–H and O–H groups in total. The van der Waals surface area contributed by atoms with Gasteiger partial charge in [-0.05, 0) is 25.4 Å². The topological polar surface area (TPSA) is 54.4 Å². The van der Waals surface area contributed by atoms with Gasteiger partial charge in [-0.15, -0.1) is 6.42 Å². The molecule has 0 aromatic heterocycles. The van der Waals surface area contributed by atoms with E-state index in [0.29, 0.717) is 0 Å². The van der Waals surface area contributed by atoms with Crippen molar-refractivity contribution < 1.29 is 14.7 Å². The molecular weight excluding hydrogens is 180 g/mol. The molecule has 0 spiro atoms. The Morgan fingerprint density at radius 1 is 1.58 bits per heavy atom. The van der Waals surface area contributed by atoms with Gasteiger partial charge in [0, 0.05) is 0 Å². The first kappa shape index (κ1) is 11.0. The molecule has 0 bridgehead atoms. The second-order valence-corrected chi connectivity index (χ2v) is 3.30. The third kappa shape index (κ3) is 1.99. The number of hydrogen-bond acceptors (Lipinski definition) is 2. The lowest BCUT2D eigenvalue weighted by atomic mass is 9.80. The fourth-order valence-electron chi connectivity index (χ4n) is 0.681. The maximum atomic E-state index is 10.7. The Labute approximate surface area is 75.7 Å². The summed E-state index contributed by atoms with van der Waals surface area (Å²) in [6.07, 6.45) is 4.98. The maximum Gasteiger partial charge on any atom is 0.310 e. The minimum Gasteiger partial charge on any atom is -0.481 e. The molecule has 4 heteroatoms. The molecule has 0 saturated heterocycles. The Morgan fingerprint density at radius 2 is 2.00 bits per heavy atom. The van der Waals surface area contributed by atoms with Gasteiger partial charge in [0.05, 0.1) is 5.41 Å². The summed E-state index contributed by atoms with van der Waals surface area (Å²) >= 11 is 5.13. The van der Waals surface area contributed by atoms with Crippen molar-refractivity contribution in [1.82, 2.24) is 0 Å². The molecule has 1 unspecified atom stereocenters. The zero-order valence-corrected chi connectivity index (χ0v) is 7.55. The second kappa shape index (κ2) is 3.59. The highest BCUT2D eigenvalue weighted by atomic mass is 35.5. The van der Waals surface area contributed by atoms with Crippen LogP contribution in [0.5, 0.6) is 0 Å². The lowest BCUT2D eigenvalue weighted by molar-refractivity contribution is -0.150. The van der Waals surface area contributed by atoms with Crippen LogP contribution in [0.15, 0.2) is 0 Å². The van der Waals surface area contributed by atoms with Crippen molar-refractivity contribution in [3.8, 4) is 12.3 Å². The molecule has 0 aliphatic carbocycles. The summed E-state index contributed by atoms with van der Waals surface area (Å²) in [6, 6.07) is 0. The van der Waals surface area contributed by atoms with Gasteiger partial charge < -0.3 is 5.11 Å². The molecule has 3 nitrogen and oxygen atoms in total. The van der Waals surface area contributed by atoms with Crippen LogP contribution in [0.25, 0.3) is 0 Å². The van der Waals surface area contributed by atoms with Crippen molar-refractivity contribution in [2.75, 3.05) is 0 Å². The first-order chi connectivity index (χ1) is 5.34. The Hall–Kier alpha value is -1.01. The summed E-state index contributed by atoms with van der Waals surface area (Å²) < 4.78 is 0. The highest BCUT2D eigenvalue weighted by Crippen LogP contribution is 2.28. The van der Waals surface area contributed by atoms with Crippen molar-refractivity contribution in [3.05, 3.63) is 0 Å². The zero-order valence-electron chi connectivity index (χ0n) is 6.80. The summed E-state index contributed by atoms with van der Waals surface area (Å²) in [5.41, 5.74) is -1.31. The van der Waals surface area contributed by atoms with Crippen LogP contribution in [-0.2, 0) is 9.59 Å². The Morgan fingerprint density at radius 3 is 2.08 bits per heavy atom. The molecule has 0 radical (unpaired) electrons. The Kier molecular flexibility index (Phi) is 3.29. The molecule has 0 aromatic rings. The number of halogens is 1. The van der Waals surface area contributed by atoms with Crippen molar-refractivity contribution in [2.24, 2.45) is 11.3 Å². The largest absolute Gasteiger partial charge is 0.481 e. The van der Waals surface area contributed by atoms with E-state index in [-0.39, 0.29) is 0 Å². The van der Waals surface area contributed by atoms with Gasteiger partial charge in [-0.1, -0.05) is 5.92 Å². The molecular formula is C8H9ClO3. The number of hydrogen-bond donors (Lipinski definition) is 1. The molecule has 0 aliphatic rings. The molecule has 0 heterocycles. The van der Waals surface area contributed by atoms with Crippen LogP contribution in [-0.4, -0.2) is 16.3 Å². The van der Waals surface area contributed by atoms with Gasteiger partial charge in [0.15, 0.2) is 0 Å². The molecule has 1 atom stereocenters. The predicted octanol–water partition coefficient (Wildman–Crippen LogP) is 1.11. The van der Waals surface area contributed by atoms with Gasteiger partial charge >= 0.3 is 5.97 Å². The van der Waals surface area contributed by atoms with E-state index in [1.54, 1.807) is 0 Å². The first-order valence-corrected chi connectivity index (χ1v) is 3.60. The highest BCUT2D eigenvalue weighted by molar-refractivity contribution is 6.64. The van der Waals surface area contributed by atoms with E-state index in [1.807, 2.05) is 0 Å². The van der Waals surface area contributed by atoms with Gasteiger partial charge in [0.2, 0.25) is 5.24 Å². The lowest BCUT2D eigenvalue weighted by Gasteiger charge is -2.22. The van der Waals surface area contributed by atoms with Crippen LogP contribution < -0.4 is 0 Å². The third-order valence-corrected chi connectivity index (χ3v) is 1.88. The van der Waals surface area contributed by atoms with Crippen molar-refractivity contribution >= 4 is 22.8 Å². The molecule has 66 valence electrons. The van der Waals surface area contributed by atoms with E-state index in [4.69, 9.17) is 23.1 Å². The monoisotopic (exact) mass is 188 g/mol. The standard InChI is InChI=1S/C8H9ClO3/c1-4-5(6(9)10)8(2,3)7(11)12/h1,5H,2-3H3,(H,11,12). The first-order valence-electron chi connectivity index (χ1n) is 3.23. The average molecular weight is 189 g/mol. The van der Waals surface area contributed by atoms with Gasteiger partial charge in [-0.2, -0.15) is 0 Å². The molecule has 0 saturated carbocycles. The molecule has 0 rings (SSSR count). The van der Waals surface area contributed by atoms with Crippen LogP contribution >= 0.6 is 11.6 Å². The number of aliphatic carboxylic acids is 1.